The molecule has 1 aliphatic rings. The Morgan fingerprint density at radius 1 is 1.25 bits per heavy atom. The first-order valence-corrected chi connectivity index (χ1v) is 8.75. The Kier molecular flexibility index (Phi) is 5.30. The fourth-order valence-electron chi connectivity index (χ4n) is 2.73. The number of hydrazone groups is 1. The van der Waals surface area contributed by atoms with Gasteiger partial charge in [0.05, 0.1) is 5.71 Å². The summed E-state index contributed by atoms with van der Waals surface area (Å²) in [6, 6.07) is 13.8. The normalized spacial score (nSPS) is 15.0. The van der Waals surface area contributed by atoms with Gasteiger partial charge in [-0.15, -0.1) is 0 Å². The van der Waals surface area contributed by atoms with Crippen LogP contribution in [0.3, 0.4) is 0 Å². The van der Waals surface area contributed by atoms with Crippen LogP contribution in [0.25, 0.3) is 0 Å². The molecule has 2 aromatic carbocycles. The van der Waals surface area contributed by atoms with Crippen molar-refractivity contribution in [1.29, 1.82) is 0 Å². The number of fused-ring (bicyclic) bond motifs is 1. The SMILES string of the molecule is Cc1cc(OCC(=O)N/N=C2/CCCc3ccccc32)ccc1Br. The van der Waals surface area contributed by atoms with Gasteiger partial charge in [0.25, 0.3) is 5.91 Å². The van der Waals surface area contributed by atoms with Gasteiger partial charge in [-0.2, -0.15) is 5.10 Å². The number of aryl methyl sites for hydroxylation is 2. The molecule has 1 N–H and O–H groups in total. The number of nitrogens with zero attached hydrogens (tertiary/aromatic N) is 1. The molecule has 3 rings (SSSR count). The summed E-state index contributed by atoms with van der Waals surface area (Å²) >= 11 is 3.44. The minimum absolute atomic E-state index is 0.0561. The first-order chi connectivity index (χ1) is 11.6. The smallest absolute Gasteiger partial charge is 0.277 e. The molecule has 1 amide bonds. The molecule has 0 spiro atoms. The van der Waals surface area contributed by atoms with Gasteiger partial charge < -0.3 is 4.74 Å². The third-order valence-corrected chi connectivity index (χ3v) is 4.89. The number of halogens is 1. The second kappa shape index (κ2) is 7.62. The number of carbonyl (C=O) groups excluding carboxylic acids is 1. The lowest BCUT2D eigenvalue weighted by Gasteiger charge is -2.17. The number of nitrogens with one attached hydrogen (secondary N) is 1. The van der Waals surface area contributed by atoms with Crippen LogP contribution in [0.2, 0.25) is 0 Å². The average molecular weight is 387 g/mol. The molecule has 5 heteroatoms. The third kappa shape index (κ3) is 4.03. The molecule has 4 nitrogen and oxygen atoms in total. The Balaban J connectivity index is 1.59. The molecule has 0 aromatic heterocycles. The lowest BCUT2D eigenvalue weighted by Crippen LogP contribution is -2.27. The number of hydrogen-bond donors (Lipinski definition) is 1. The fourth-order valence-corrected chi connectivity index (χ4v) is 2.98. The van der Waals surface area contributed by atoms with Crippen molar-refractivity contribution in [2.24, 2.45) is 5.10 Å². The Morgan fingerprint density at radius 3 is 2.92 bits per heavy atom. The van der Waals surface area contributed by atoms with Crippen molar-refractivity contribution in [3.8, 4) is 5.75 Å². The van der Waals surface area contributed by atoms with E-state index in [9.17, 15) is 4.79 Å². The maximum absolute atomic E-state index is 12.0. The number of amides is 1. The van der Waals surface area contributed by atoms with Crippen LogP contribution in [0.15, 0.2) is 52.0 Å². The molecule has 0 atom stereocenters. The minimum Gasteiger partial charge on any atom is -0.484 e. The van der Waals surface area contributed by atoms with E-state index in [0.29, 0.717) is 5.75 Å². The van der Waals surface area contributed by atoms with Crippen molar-refractivity contribution in [1.82, 2.24) is 5.43 Å². The topological polar surface area (TPSA) is 50.7 Å². The first-order valence-electron chi connectivity index (χ1n) is 7.96. The third-order valence-electron chi connectivity index (χ3n) is 4.00. The molecule has 2 aromatic rings. The highest BCUT2D eigenvalue weighted by Crippen LogP contribution is 2.22. The first kappa shape index (κ1) is 16.7. The second-order valence-electron chi connectivity index (χ2n) is 5.80. The van der Waals surface area contributed by atoms with Crippen molar-refractivity contribution in [2.75, 3.05) is 6.61 Å². The fraction of sp³-hybridized carbons (Fsp3) is 0.263. The highest BCUT2D eigenvalue weighted by atomic mass is 79.9. The lowest BCUT2D eigenvalue weighted by atomic mass is 9.90. The van der Waals surface area contributed by atoms with Gasteiger partial charge in [-0.05, 0) is 55.5 Å². The zero-order valence-corrected chi connectivity index (χ0v) is 15.1. The van der Waals surface area contributed by atoms with Gasteiger partial charge in [-0.3, -0.25) is 4.79 Å². The minimum atomic E-state index is -0.258. The molecule has 24 heavy (non-hydrogen) atoms. The molecule has 0 heterocycles. The largest absolute Gasteiger partial charge is 0.484 e. The molecule has 124 valence electrons. The molecular weight excluding hydrogens is 368 g/mol. The van der Waals surface area contributed by atoms with Gasteiger partial charge in [-0.1, -0.05) is 40.2 Å². The van der Waals surface area contributed by atoms with Gasteiger partial charge in [-0.25, -0.2) is 5.43 Å². The van der Waals surface area contributed by atoms with E-state index in [1.165, 1.54) is 5.56 Å². The molecule has 0 fully saturated rings. The molecule has 1 aliphatic carbocycles. The molecule has 0 unspecified atom stereocenters. The molecule has 0 saturated carbocycles. The van der Waals surface area contributed by atoms with Crippen LogP contribution in [-0.2, 0) is 11.2 Å². The molecular formula is C19H19BrN2O2. The molecule has 0 aliphatic heterocycles. The monoisotopic (exact) mass is 386 g/mol. The number of ether oxygens (including phenoxy) is 1. The van der Waals surface area contributed by atoms with Crippen molar-refractivity contribution in [2.45, 2.75) is 26.2 Å². The zero-order chi connectivity index (χ0) is 16.9. The summed E-state index contributed by atoms with van der Waals surface area (Å²) in [5.74, 6) is 0.410. The Hall–Kier alpha value is -2.14. The van der Waals surface area contributed by atoms with Crippen LogP contribution >= 0.6 is 15.9 Å². The van der Waals surface area contributed by atoms with E-state index >= 15 is 0 Å². The standard InChI is InChI=1S/C19H19BrN2O2/c1-13-11-15(9-10-17(13)20)24-12-19(23)22-21-18-8-4-6-14-5-2-3-7-16(14)18/h2-3,5,7,9-11H,4,6,8,12H2,1H3,(H,22,23)/b21-18-. The van der Waals surface area contributed by atoms with Gasteiger partial charge >= 0.3 is 0 Å². The Labute approximate surface area is 150 Å². The molecule has 0 bridgehead atoms. The predicted molar refractivity (Wildman–Crippen MR) is 98.4 cm³/mol. The number of hydrogen-bond acceptors (Lipinski definition) is 3. The van der Waals surface area contributed by atoms with E-state index < -0.39 is 0 Å². The Bertz CT molecular complexity index is 787. The van der Waals surface area contributed by atoms with Gasteiger partial charge in [0.15, 0.2) is 6.61 Å². The maximum Gasteiger partial charge on any atom is 0.277 e. The summed E-state index contributed by atoms with van der Waals surface area (Å²) < 4.78 is 6.53. The van der Waals surface area contributed by atoms with E-state index in [2.05, 4.69) is 38.6 Å². The lowest BCUT2D eigenvalue weighted by molar-refractivity contribution is -0.123. The van der Waals surface area contributed by atoms with Crippen molar-refractivity contribution in [3.05, 3.63) is 63.6 Å². The van der Waals surface area contributed by atoms with Crippen LogP contribution in [0.5, 0.6) is 5.75 Å². The van der Waals surface area contributed by atoms with Gasteiger partial charge in [0.1, 0.15) is 5.75 Å². The molecule has 0 saturated heterocycles. The van der Waals surface area contributed by atoms with Crippen LogP contribution in [0.4, 0.5) is 0 Å². The van der Waals surface area contributed by atoms with E-state index in [1.807, 2.05) is 37.3 Å². The number of rotatable bonds is 4. The van der Waals surface area contributed by atoms with Gasteiger partial charge in [0.2, 0.25) is 0 Å². The number of carbonyl (C=O) groups is 1. The summed E-state index contributed by atoms with van der Waals surface area (Å²) in [7, 11) is 0. The zero-order valence-electron chi connectivity index (χ0n) is 13.5. The average Bonchev–Trinajstić information content (AvgIpc) is 2.61. The predicted octanol–water partition coefficient (Wildman–Crippen LogP) is 3.99. The quantitative estimate of drug-likeness (QED) is 0.807. The Morgan fingerprint density at radius 2 is 2.08 bits per heavy atom. The van der Waals surface area contributed by atoms with E-state index in [0.717, 1.165) is 40.6 Å². The summed E-state index contributed by atoms with van der Waals surface area (Å²) in [6.45, 7) is 1.92. The van der Waals surface area contributed by atoms with E-state index in [1.54, 1.807) is 0 Å². The van der Waals surface area contributed by atoms with Crippen LogP contribution < -0.4 is 10.2 Å². The number of benzene rings is 2. The van der Waals surface area contributed by atoms with E-state index in [4.69, 9.17) is 4.74 Å². The highest BCUT2D eigenvalue weighted by molar-refractivity contribution is 9.10. The van der Waals surface area contributed by atoms with Gasteiger partial charge in [0, 0.05) is 10.0 Å². The van der Waals surface area contributed by atoms with Crippen LogP contribution in [-0.4, -0.2) is 18.2 Å². The summed E-state index contributed by atoms with van der Waals surface area (Å²) in [5, 5.41) is 4.30. The van der Waals surface area contributed by atoms with Crippen molar-refractivity contribution < 1.29 is 9.53 Å². The maximum atomic E-state index is 12.0. The second-order valence-corrected chi connectivity index (χ2v) is 6.66. The summed E-state index contributed by atoms with van der Waals surface area (Å²) in [6.07, 6.45) is 3.00. The van der Waals surface area contributed by atoms with E-state index in [-0.39, 0.29) is 12.5 Å². The highest BCUT2D eigenvalue weighted by Gasteiger charge is 2.15. The molecule has 0 radical (unpaired) electrons. The van der Waals surface area contributed by atoms with Crippen molar-refractivity contribution >= 4 is 27.5 Å². The van der Waals surface area contributed by atoms with Crippen molar-refractivity contribution in [3.63, 3.8) is 0 Å². The van der Waals surface area contributed by atoms with Crippen LogP contribution in [0.1, 0.15) is 29.5 Å². The summed E-state index contributed by atoms with van der Waals surface area (Å²) in [4.78, 5) is 12.0. The van der Waals surface area contributed by atoms with Crippen LogP contribution in [0, 0.1) is 6.92 Å². The summed E-state index contributed by atoms with van der Waals surface area (Å²) in [5.41, 5.74) is 7.02.